The summed E-state index contributed by atoms with van der Waals surface area (Å²) >= 11 is 0. The molecule has 4 nitrogen and oxygen atoms in total. The lowest BCUT2D eigenvalue weighted by Crippen LogP contribution is -2.41. The van der Waals surface area contributed by atoms with Gasteiger partial charge in [-0.15, -0.1) is 0 Å². The van der Waals surface area contributed by atoms with E-state index in [0.717, 1.165) is 37.1 Å². The molecule has 0 radical (unpaired) electrons. The first-order chi connectivity index (χ1) is 9.97. The third kappa shape index (κ3) is 4.06. The van der Waals surface area contributed by atoms with Crippen LogP contribution >= 0.6 is 0 Å². The first-order valence-electron chi connectivity index (χ1n) is 7.49. The monoisotopic (exact) mass is 289 g/mol. The minimum atomic E-state index is -0.425. The number of hydrogen-bond acceptors (Lipinski definition) is 3. The number of rotatable bonds is 3. The van der Waals surface area contributed by atoms with Crippen molar-refractivity contribution in [1.82, 2.24) is 4.90 Å². The molecule has 1 saturated heterocycles. The van der Waals surface area contributed by atoms with Crippen molar-refractivity contribution in [3.63, 3.8) is 0 Å². The summed E-state index contributed by atoms with van der Waals surface area (Å²) in [6, 6.07) is 5.56. The Bertz CT molecular complexity index is 539. The maximum atomic E-state index is 12.1. The number of benzene rings is 1. The Morgan fingerprint density at radius 2 is 2.10 bits per heavy atom. The number of aryl methyl sites for hydroxylation is 2. The molecule has 1 unspecified atom stereocenters. The molecule has 1 aliphatic rings. The number of amides is 1. The van der Waals surface area contributed by atoms with Crippen molar-refractivity contribution in [2.75, 3.05) is 19.7 Å². The normalized spacial score (nSPS) is 18.4. The van der Waals surface area contributed by atoms with Gasteiger partial charge in [0.25, 0.3) is 5.91 Å². The summed E-state index contributed by atoms with van der Waals surface area (Å²) in [7, 11) is 0. The van der Waals surface area contributed by atoms with Crippen LogP contribution in [0.1, 0.15) is 41.3 Å². The highest BCUT2D eigenvalue weighted by molar-refractivity contribution is 5.92. The summed E-state index contributed by atoms with van der Waals surface area (Å²) in [4.78, 5) is 25.9. The third-order valence-corrected chi connectivity index (χ3v) is 3.94. The number of piperidine rings is 1. The Kier molecular flexibility index (Phi) is 4.99. The number of nitrogens with zero attached hydrogens (tertiary/aromatic N) is 1. The van der Waals surface area contributed by atoms with Crippen LogP contribution in [-0.2, 0) is 9.53 Å². The maximum Gasteiger partial charge on any atom is 0.338 e. The molecule has 114 valence electrons. The highest BCUT2D eigenvalue weighted by Gasteiger charge is 2.22. The number of carbonyl (C=O) groups is 2. The summed E-state index contributed by atoms with van der Waals surface area (Å²) in [5.41, 5.74) is 2.50. The highest BCUT2D eigenvalue weighted by atomic mass is 16.5. The molecule has 1 aliphatic heterocycles. The van der Waals surface area contributed by atoms with Gasteiger partial charge in [0.15, 0.2) is 6.61 Å². The predicted molar refractivity (Wildman–Crippen MR) is 81.2 cm³/mol. The summed E-state index contributed by atoms with van der Waals surface area (Å²) in [5, 5.41) is 0. The lowest BCUT2D eigenvalue weighted by Gasteiger charge is -2.30. The van der Waals surface area contributed by atoms with Crippen molar-refractivity contribution in [2.24, 2.45) is 5.92 Å². The minimum Gasteiger partial charge on any atom is -0.452 e. The molecule has 4 heteroatoms. The van der Waals surface area contributed by atoms with Crippen molar-refractivity contribution in [2.45, 2.75) is 33.6 Å². The van der Waals surface area contributed by atoms with Crippen LogP contribution in [-0.4, -0.2) is 36.5 Å². The second kappa shape index (κ2) is 6.74. The standard InChI is InChI=1S/C17H23NO3/c1-12-6-7-15(14(3)9-12)17(20)21-11-16(19)18-8-4-5-13(2)10-18/h6-7,9,13H,4-5,8,10-11H2,1-3H3. The zero-order chi connectivity index (χ0) is 15.4. The molecule has 0 spiro atoms. The summed E-state index contributed by atoms with van der Waals surface area (Å²) in [6.07, 6.45) is 2.18. The highest BCUT2D eigenvalue weighted by Crippen LogP contribution is 2.16. The van der Waals surface area contributed by atoms with Gasteiger partial charge in [-0.05, 0) is 44.2 Å². The number of likely N-dealkylation sites (tertiary alicyclic amines) is 1. The molecule has 1 amide bonds. The van der Waals surface area contributed by atoms with E-state index in [0.29, 0.717) is 11.5 Å². The zero-order valence-electron chi connectivity index (χ0n) is 13.0. The van der Waals surface area contributed by atoms with Gasteiger partial charge < -0.3 is 9.64 Å². The van der Waals surface area contributed by atoms with Crippen LogP contribution in [0.25, 0.3) is 0 Å². The van der Waals surface area contributed by atoms with Gasteiger partial charge in [0.2, 0.25) is 0 Å². The zero-order valence-corrected chi connectivity index (χ0v) is 13.0. The Morgan fingerprint density at radius 1 is 1.33 bits per heavy atom. The molecule has 21 heavy (non-hydrogen) atoms. The van der Waals surface area contributed by atoms with E-state index in [4.69, 9.17) is 4.74 Å². The molecule has 1 heterocycles. The van der Waals surface area contributed by atoms with Gasteiger partial charge in [0.1, 0.15) is 0 Å². The minimum absolute atomic E-state index is 0.0975. The molecule has 1 aromatic rings. The summed E-state index contributed by atoms with van der Waals surface area (Å²) < 4.78 is 5.17. The van der Waals surface area contributed by atoms with Gasteiger partial charge in [0.05, 0.1) is 5.56 Å². The van der Waals surface area contributed by atoms with Gasteiger partial charge in [-0.25, -0.2) is 4.79 Å². The molecular weight excluding hydrogens is 266 g/mol. The Balaban J connectivity index is 1.90. The van der Waals surface area contributed by atoms with E-state index in [1.165, 1.54) is 0 Å². The van der Waals surface area contributed by atoms with E-state index in [1.807, 2.05) is 26.0 Å². The van der Waals surface area contributed by atoms with E-state index in [2.05, 4.69) is 6.92 Å². The largest absolute Gasteiger partial charge is 0.452 e. The van der Waals surface area contributed by atoms with E-state index < -0.39 is 5.97 Å². The first-order valence-corrected chi connectivity index (χ1v) is 7.49. The molecule has 1 fully saturated rings. The van der Waals surface area contributed by atoms with Gasteiger partial charge >= 0.3 is 5.97 Å². The van der Waals surface area contributed by atoms with Gasteiger partial charge in [0, 0.05) is 13.1 Å². The molecule has 0 bridgehead atoms. The Morgan fingerprint density at radius 3 is 2.76 bits per heavy atom. The molecule has 0 aromatic heterocycles. The fraction of sp³-hybridized carbons (Fsp3) is 0.529. The van der Waals surface area contributed by atoms with Crippen LogP contribution in [0.15, 0.2) is 18.2 Å². The second-order valence-electron chi connectivity index (χ2n) is 5.98. The average molecular weight is 289 g/mol. The number of carbonyl (C=O) groups excluding carboxylic acids is 2. The van der Waals surface area contributed by atoms with Crippen molar-refractivity contribution in [3.8, 4) is 0 Å². The predicted octanol–water partition coefficient (Wildman–Crippen LogP) is 2.72. The van der Waals surface area contributed by atoms with Gasteiger partial charge in [-0.3, -0.25) is 4.79 Å². The molecular formula is C17H23NO3. The molecule has 1 atom stereocenters. The van der Waals surface area contributed by atoms with Crippen LogP contribution in [0.5, 0.6) is 0 Å². The van der Waals surface area contributed by atoms with Crippen LogP contribution < -0.4 is 0 Å². The molecule has 1 aromatic carbocycles. The molecule has 0 N–H and O–H groups in total. The van der Waals surface area contributed by atoms with Crippen LogP contribution in [0.3, 0.4) is 0 Å². The average Bonchev–Trinajstić information content (AvgIpc) is 2.44. The maximum absolute atomic E-state index is 12.1. The van der Waals surface area contributed by atoms with Crippen molar-refractivity contribution in [3.05, 3.63) is 34.9 Å². The third-order valence-electron chi connectivity index (χ3n) is 3.94. The van der Waals surface area contributed by atoms with Crippen LogP contribution in [0.2, 0.25) is 0 Å². The van der Waals surface area contributed by atoms with Crippen molar-refractivity contribution >= 4 is 11.9 Å². The lowest BCUT2D eigenvalue weighted by molar-refractivity contribution is -0.136. The molecule has 0 saturated carbocycles. The van der Waals surface area contributed by atoms with Crippen LogP contribution in [0, 0.1) is 19.8 Å². The number of hydrogen-bond donors (Lipinski definition) is 0. The number of esters is 1. The fourth-order valence-electron chi connectivity index (χ4n) is 2.75. The van der Waals surface area contributed by atoms with E-state index in [9.17, 15) is 9.59 Å². The summed E-state index contributed by atoms with van der Waals surface area (Å²) in [5.74, 6) is 0.00307. The van der Waals surface area contributed by atoms with E-state index in [-0.39, 0.29) is 12.5 Å². The van der Waals surface area contributed by atoms with Crippen molar-refractivity contribution in [1.29, 1.82) is 0 Å². The topological polar surface area (TPSA) is 46.6 Å². The fourth-order valence-corrected chi connectivity index (χ4v) is 2.75. The van der Waals surface area contributed by atoms with Gasteiger partial charge in [-0.1, -0.05) is 24.6 Å². The smallest absolute Gasteiger partial charge is 0.338 e. The lowest BCUT2D eigenvalue weighted by atomic mass is 10.0. The van der Waals surface area contributed by atoms with Gasteiger partial charge in [-0.2, -0.15) is 0 Å². The SMILES string of the molecule is Cc1ccc(C(=O)OCC(=O)N2CCCC(C)C2)c(C)c1. The van der Waals surface area contributed by atoms with E-state index >= 15 is 0 Å². The Labute approximate surface area is 126 Å². The number of ether oxygens (including phenoxy) is 1. The van der Waals surface area contributed by atoms with Crippen molar-refractivity contribution < 1.29 is 14.3 Å². The second-order valence-corrected chi connectivity index (χ2v) is 5.98. The molecule has 0 aliphatic carbocycles. The van der Waals surface area contributed by atoms with E-state index in [1.54, 1.807) is 11.0 Å². The molecule has 2 rings (SSSR count). The first kappa shape index (κ1) is 15.5. The quantitative estimate of drug-likeness (QED) is 0.804. The Hall–Kier alpha value is -1.84. The summed E-state index contributed by atoms with van der Waals surface area (Å²) in [6.45, 7) is 7.35. The van der Waals surface area contributed by atoms with Crippen LogP contribution in [0.4, 0.5) is 0 Å².